The zero-order valence-electron chi connectivity index (χ0n) is 16.1. The average molecular weight is 368 g/mol. The first-order chi connectivity index (χ1) is 13.0. The predicted octanol–water partition coefficient (Wildman–Crippen LogP) is 1.21. The number of nitrogens with one attached hydrogen (secondary N) is 2. The molecule has 2 N–H and O–H groups in total. The van der Waals surface area contributed by atoms with Crippen LogP contribution in [0.3, 0.4) is 0 Å². The van der Waals surface area contributed by atoms with Crippen LogP contribution in [0.4, 0.5) is 0 Å². The normalized spacial score (nSPS) is 17.9. The molecular weight excluding hydrogens is 340 g/mol. The van der Waals surface area contributed by atoms with Crippen LogP contribution in [0.25, 0.3) is 10.8 Å². The summed E-state index contributed by atoms with van der Waals surface area (Å²) in [5.74, 6) is -0.146. The summed E-state index contributed by atoms with van der Waals surface area (Å²) in [4.78, 5) is 28.8. The maximum atomic E-state index is 12.4. The van der Waals surface area contributed by atoms with E-state index in [1.54, 1.807) is 0 Å². The Morgan fingerprint density at radius 3 is 2.78 bits per heavy atom. The summed E-state index contributed by atoms with van der Waals surface area (Å²) < 4.78 is 0. The zero-order valence-corrected chi connectivity index (χ0v) is 16.1. The lowest BCUT2D eigenvalue weighted by molar-refractivity contribution is -0.134. The van der Waals surface area contributed by atoms with Gasteiger partial charge in [-0.1, -0.05) is 36.4 Å². The van der Waals surface area contributed by atoms with Crippen molar-refractivity contribution in [3.63, 3.8) is 0 Å². The number of piperazine rings is 1. The van der Waals surface area contributed by atoms with Gasteiger partial charge in [0.05, 0.1) is 12.5 Å². The Labute approximate surface area is 160 Å². The Kier molecular flexibility index (Phi) is 6.42. The van der Waals surface area contributed by atoms with E-state index in [-0.39, 0.29) is 18.2 Å². The fourth-order valence-corrected chi connectivity index (χ4v) is 3.41. The van der Waals surface area contributed by atoms with Crippen LogP contribution in [0.15, 0.2) is 42.5 Å². The van der Waals surface area contributed by atoms with Crippen molar-refractivity contribution in [2.75, 3.05) is 40.3 Å². The molecule has 1 heterocycles. The summed E-state index contributed by atoms with van der Waals surface area (Å²) in [5.41, 5.74) is 1.15. The topological polar surface area (TPSA) is 64.7 Å². The molecule has 0 radical (unpaired) electrons. The molecule has 27 heavy (non-hydrogen) atoms. The third-order valence-electron chi connectivity index (χ3n) is 4.90. The van der Waals surface area contributed by atoms with Gasteiger partial charge in [-0.25, -0.2) is 0 Å². The van der Waals surface area contributed by atoms with E-state index in [1.807, 2.05) is 31.1 Å². The van der Waals surface area contributed by atoms with Crippen molar-refractivity contribution in [1.82, 2.24) is 20.4 Å². The van der Waals surface area contributed by atoms with Gasteiger partial charge >= 0.3 is 0 Å². The molecule has 6 heteroatoms. The van der Waals surface area contributed by atoms with Gasteiger partial charge in [0.15, 0.2) is 0 Å². The molecule has 1 aliphatic heterocycles. The maximum Gasteiger partial charge on any atom is 0.237 e. The highest BCUT2D eigenvalue weighted by Crippen LogP contribution is 2.19. The van der Waals surface area contributed by atoms with Gasteiger partial charge in [0, 0.05) is 32.7 Å². The summed E-state index contributed by atoms with van der Waals surface area (Å²) in [6, 6.07) is 14.2. The number of hydrogen-bond acceptors (Lipinski definition) is 4. The number of carbonyl (C=O) groups excluding carboxylic acids is 2. The minimum Gasteiger partial charge on any atom is -0.355 e. The molecule has 2 aromatic carbocycles. The van der Waals surface area contributed by atoms with Crippen molar-refractivity contribution in [2.24, 2.45) is 0 Å². The standard InChI is InChI=1S/C21H28N4O2/c1-24(2)11-9-22-20(26)14-19-21(27)23-10-12-25(19)15-16-7-8-17-5-3-4-6-18(17)13-16/h3-8,13,19H,9-12,14-15H2,1-2H3,(H,22,26)(H,23,27). The lowest BCUT2D eigenvalue weighted by Gasteiger charge is -2.34. The summed E-state index contributed by atoms with van der Waals surface area (Å²) in [5, 5.41) is 8.18. The Morgan fingerprint density at radius 1 is 1.22 bits per heavy atom. The molecular formula is C21H28N4O2. The molecule has 2 aromatic rings. The number of likely N-dealkylation sites (N-methyl/N-ethyl adjacent to an activating group) is 1. The number of amides is 2. The molecule has 2 amide bonds. The lowest BCUT2D eigenvalue weighted by Crippen LogP contribution is -2.56. The highest BCUT2D eigenvalue weighted by Gasteiger charge is 2.31. The summed E-state index contributed by atoms with van der Waals surface area (Å²) in [6.45, 7) is 3.39. The molecule has 0 aromatic heterocycles. The summed E-state index contributed by atoms with van der Waals surface area (Å²) in [6.07, 6.45) is 0.187. The van der Waals surface area contributed by atoms with Gasteiger partial charge in [0.1, 0.15) is 0 Å². The van der Waals surface area contributed by atoms with E-state index in [9.17, 15) is 9.59 Å². The average Bonchev–Trinajstić information content (AvgIpc) is 2.64. The van der Waals surface area contributed by atoms with Crippen molar-refractivity contribution in [2.45, 2.75) is 19.0 Å². The molecule has 6 nitrogen and oxygen atoms in total. The molecule has 0 aliphatic carbocycles. The number of hydrogen-bond donors (Lipinski definition) is 2. The van der Waals surface area contributed by atoms with Gasteiger partial charge in [-0.2, -0.15) is 0 Å². The van der Waals surface area contributed by atoms with Crippen LogP contribution in [0.2, 0.25) is 0 Å². The maximum absolute atomic E-state index is 12.4. The van der Waals surface area contributed by atoms with Crippen LogP contribution in [-0.4, -0.2) is 67.9 Å². The predicted molar refractivity (Wildman–Crippen MR) is 107 cm³/mol. The Balaban J connectivity index is 1.65. The third kappa shape index (κ3) is 5.28. The van der Waals surface area contributed by atoms with Crippen molar-refractivity contribution in [3.8, 4) is 0 Å². The molecule has 1 saturated heterocycles. The highest BCUT2D eigenvalue weighted by atomic mass is 16.2. The fourth-order valence-electron chi connectivity index (χ4n) is 3.41. The van der Waals surface area contributed by atoms with E-state index in [1.165, 1.54) is 10.8 Å². The van der Waals surface area contributed by atoms with Crippen LogP contribution in [-0.2, 0) is 16.1 Å². The Bertz CT molecular complexity index is 806. The Hall–Kier alpha value is -2.44. The van der Waals surface area contributed by atoms with E-state index < -0.39 is 6.04 Å². The molecule has 1 unspecified atom stereocenters. The minimum absolute atomic E-state index is 0.0650. The lowest BCUT2D eigenvalue weighted by atomic mass is 10.0. The van der Waals surface area contributed by atoms with E-state index in [0.29, 0.717) is 19.6 Å². The first-order valence-corrected chi connectivity index (χ1v) is 9.44. The molecule has 0 saturated carbocycles. The van der Waals surface area contributed by atoms with Gasteiger partial charge in [0.25, 0.3) is 0 Å². The van der Waals surface area contributed by atoms with Crippen LogP contribution in [0.5, 0.6) is 0 Å². The first-order valence-electron chi connectivity index (χ1n) is 9.44. The van der Waals surface area contributed by atoms with Crippen molar-refractivity contribution < 1.29 is 9.59 Å². The van der Waals surface area contributed by atoms with Crippen LogP contribution < -0.4 is 10.6 Å². The second-order valence-corrected chi connectivity index (χ2v) is 7.32. The summed E-state index contributed by atoms with van der Waals surface area (Å²) >= 11 is 0. The quantitative estimate of drug-likeness (QED) is 0.771. The summed E-state index contributed by atoms with van der Waals surface area (Å²) in [7, 11) is 3.93. The van der Waals surface area contributed by atoms with E-state index in [2.05, 4.69) is 45.9 Å². The number of fused-ring (bicyclic) bond motifs is 1. The molecule has 0 bridgehead atoms. The number of rotatable bonds is 7. The third-order valence-corrected chi connectivity index (χ3v) is 4.90. The molecule has 3 rings (SSSR count). The van der Waals surface area contributed by atoms with Gasteiger partial charge < -0.3 is 15.5 Å². The Morgan fingerprint density at radius 2 is 2.00 bits per heavy atom. The second-order valence-electron chi connectivity index (χ2n) is 7.32. The van der Waals surface area contributed by atoms with Gasteiger partial charge in [-0.05, 0) is 36.5 Å². The first kappa shape index (κ1) is 19.3. The van der Waals surface area contributed by atoms with E-state index in [0.717, 1.165) is 18.7 Å². The van der Waals surface area contributed by atoms with E-state index >= 15 is 0 Å². The molecule has 1 atom stereocenters. The van der Waals surface area contributed by atoms with Crippen LogP contribution >= 0.6 is 0 Å². The fraction of sp³-hybridized carbons (Fsp3) is 0.429. The van der Waals surface area contributed by atoms with Crippen molar-refractivity contribution >= 4 is 22.6 Å². The second kappa shape index (κ2) is 8.97. The van der Waals surface area contributed by atoms with Crippen LogP contribution in [0.1, 0.15) is 12.0 Å². The molecule has 1 fully saturated rings. The number of nitrogens with zero attached hydrogens (tertiary/aromatic N) is 2. The van der Waals surface area contributed by atoms with Crippen LogP contribution in [0, 0.1) is 0 Å². The SMILES string of the molecule is CN(C)CCNC(=O)CC1C(=O)NCCN1Cc1ccc2ccccc2c1. The number of benzene rings is 2. The zero-order chi connectivity index (χ0) is 19.2. The van der Waals surface area contributed by atoms with Gasteiger partial charge in [-0.15, -0.1) is 0 Å². The molecule has 144 valence electrons. The molecule has 0 spiro atoms. The largest absolute Gasteiger partial charge is 0.355 e. The minimum atomic E-state index is -0.426. The highest BCUT2D eigenvalue weighted by molar-refractivity contribution is 5.89. The van der Waals surface area contributed by atoms with Crippen molar-refractivity contribution in [3.05, 3.63) is 48.0 Å². The van der Waals surface area contributed by atoms with E-state index in [4.69, 9.17) is 0 Å². The van der Waals surface area contributed by atoms with Gasteiger partial charge in [-0.3, -0.25) is 14.5 Å². The molecule has 1 aliphatic rings. The smallest absolute Gasteiger partial charge is 0.237 e. The monoisotopic (exact) mass is 368 g/mol. The van der Waals surface area contributed by atoms with Crippen molar-refractivity contribution in [1.29, 1.82) is 0 Å². The van der Waals surface area contributed by atoms with Gasteiger partial charge in [0.2, 0.25) is 11.8 Å². The number of carbonyl (C=O) groups is 2.